The highest BCUT2D eigenvalue weighted by Crippen LogP contribution is 2.18. The molecule has 0 bridgehead atoms. The third kappa shape index (κ3) is 4.71. The van der Waals surface area contributed by atoms with Crippen molar-refractivity contribution in [2.45, 2.75) is 32.9 Å². The van der Waals surface area contributed by atoms with E-state index in [1.54, 1.807) is 6.07 Å². The lowest BCUT2D eigenvalue weighted by Gasteiger charge is -2.20. The monoisotopic (exact) mass is 255 g/mol. The molecule has 0 aliphatic heterocycles. The number of amides is 1. The summed E-state index contributed by atoms with van der Waals surface area (Å²) in [5, 5.41) is 11.5. The third-order valence-corrected chi connectivity index (χ3v) is 2.05. The van der Waals surface area contributed by atoms with Crippen molar-refractivity contribution in [2.75, 3.05) is 6.61 Å². The number of rotatable bonds is 4. The first-order chi connectivity index (χ1) is 8.31. The van der Waals surface area contributed by atoms with Gasteiger partial charge in [0.15, 0.2) is 18.2 Å². The van der Waals surface area contributed by atoms with Crippen LogP contribution in [0.2, 0.25) is 0 Å². The van der Waals surface area contributed by atoms with Crippen LogP contribution in [-0.4, -0.2) is 23.2 Å². The fourth-order valence-electron chi connectivity index (χ4n) is 1.36. The number of aliphatic hydroxyl groups is 1. The number of carbonyl (C=O) groups is 1. The Kier molecular flexibility index (Phi) is 4.67. The van der Waals surface area contributed by atoms with Gasteiger partial charge in [-0.25, -0.2) is 4.39 Å². The van der Waals surface area contributed by atoms with Crippen molar-refractivity contribution in [3.05, 3.63) is 29.6 Å². The van der Waals surface area contributed by atoms with E-state index in [2.05, 4.69) is 5.32 Å². The molecule has 0 heterocycles. The first kappa shape index (κ1) is 14.4. The van der Waals surface area contributed by atoms with Crippen LogP contribution in [0.15, 0.2) is 18.2 Å². The molecule has 0 aliphatic carbocycles. The Hall–Kier alpha value is -1.62. The molecule has 18 heavy (non-hydrogen) atoms. The van der Waals surface area contributed by atoms with Crippen molar-refractivity contribution in [3.8, 4) is 5.75 Å². The van der Waals surface area contributed by atoms with Gasteiger partial charge in [0, 0.05) is 5.54 Å². The summed E-state index contributed by atoms with van der Waals surface area (Å²) >= 11 is 0. The molecule has 0 aromatic heterocycles. The summed E-state index contributed by atoms with van der Waals surface area (Å²) < 4.78 is 18.5. The minimum absolute atomic E-state index is 0.00346. The Balaban J connectivity index is 2.56. The van der Waals surface area contributed by atoms with Gasteiger partial charge in [-0.3, -0.25) is 4.79 Å². The molecule has 0 saturated carbocycles. The zero-order valence-electron chi connectivity index (χ0n) is 10.8. The lowest BCUT2D eigenvalue weighted by atomic mass is 10.1. The highest BCUT2D eigenvalue weighted by atomic mass is 19.1. The molecule has 0 unspecified atom stereocenters. The molecule has 1 aromatic rings. The fraction of sp³-hybridized carbons (Fsp3) is 0.462. The van der Waals surface area contributed by atoms with Gasteiger partial charge in [0.05, 0.1) is 6.61 Å². The molecule has 0 atom stereocenters. The SMILES string of the molecule is CC(C)(C)NC(=O)COc1ccc(CO)cc1F. The van der Waals surface area contributed by atoms with E-state index >= 15 is 0 Å². The van der Waals surface area contributed by atoms with E-state index in [0.29, 0.717) is 5.56 Å². The minimum Gasteiger partial charge on any atom is -0.481 e. The Labute approximate surface area is 106 Å². The van der Waals surface area contributed by atoms with Gasteiger partial charge < -0.3 is 15.2 Å². The molecule has 2 N–H and O–H groups in total. The fourth-order valence-corrected chi connectivity index (χ4v) is 1.36. The van der Waals surface area contributed by atoms with Gasteiger partial charge in [0.2, 0.25) is 0 Å². The largest absolute Gasteiger partial charge is 0.481 e. The zero-order valence-corrected chi connectivity index (χ0v) is 10.8. The van der Waals surface area contributed by atoms with E-state index in [-0.39, 0.29) is 30.4 Å². The summed E-state index contributed by atoms with van der Waals surface area (Å²) in [6.45, 7) is 5.07. The van der Waals surface area contributed by atoms with Crippen molar-refractivity contribution < 1.29 is 19.0 Å². The molecule has 0 fully saturated rings. The summed E-state index contributed by atoms with van der Waals surface area (Å²) in [4.78, 5) is 11.5. The number of ether oxygens (including phenoxy) is 1. The maximum absolute atomic E-state index is 13.5. The van der Waals surface area contributed by atoms with Crippen molar-refractivity contribution >= 4 is 5.91 Å². The van der Waals surface area contributed by atoms with Crippen LogP contribution in [0.5, 0.6) is 5.75 Å². The third-order valence-electron chi connectivity index (χ3n) is 2.05. The van der Waals surface area contributed by atoms with Crippen LogP contribution in [0, 0.1) is 5.82 Å². The van der Waals surface area contributed by atoms with Crippen molar-refractivity contribution in [2.24, 2.45) is 0 Å². The van der Waals surface area contributed by atoms with Gasteiger partial charge in [0.1, 0.15) is 0 Å². The number of benzene rings is 1. The molecule has 0 spiro atoms. The lowest BCUT2D eigenvalue weighted by molar-refractivity contribution is -0.124. The van der Waals surface area contributed by atoms with Crippen LogP contribution in [-0.2, 0) is 11.4 Å². The van der Waals surface area contributed by atoms with Gasteiger partial charge in [0.25, 0.3) is 5.91 Å². The van der Waals surface area contributed by atoms with E-state index < -0.39 is 5.82 Å². The molecule has 5 heteroatoms. The van der Waals surface area contributed by atoms with Gasteiger partial charge in [-0.2, -0.15) is 0 Å². The number of nitrogens with one attached hydrogen (secondary N) is 1. The van der Waals surface area contributed by atoms with Crippen LogP contribution in [0.3, 0.4) is 0 Å². The first-order valence-corrected chi connectivity index (χ1v) is 5.65. The Bertz CT molecular complexity index is 427. The van der Waals surface area contributed by atoms with Crippen LogP contribution in [0.4, 0.5) is 4.39 Å². The standard InChI is InChI=1S/C13H18FNO3/c1-13(2,3)15-12(17)8-18-11-5-4-9(7-16)6-10(11)14/h4-6,16H,7-8H2,1-3H3,(H,15,17). The van der Waals surface area contributed by atoms with Crippen molar-refractivity contribution in [1.82, 2.24) is 5.32 Å². The summed E-state index contributed by atoms with van der Waals surface area (Å²) in [5.74, 6) is -0.908. The zero-order chi connectivity index (χ0) is 13.8. The molecule has 1 amide bonds. The summed E-state index contributed by atoms with van der Waals surface area (Å²) in [7, 11) is 0. The quantitative estimate of drug-likeness (QED) is 0.859. The highest BCUT2D eigenvalue weighted by molar-refractivity contribution is 5.78. The second kappa shape index (κ2) is 5.82. The van der Waals surface area contributed by atoms with Crippen LogP contribution < -0.4 is 10.1 Å². The van der Waals surface area contributed by atoms with Crippen molar-refractivity contribution in [1.29, 1.82) is 0 Å². The number of halogens is 1. The van der Waals surface area contributed by atoms with E-state index in [1.807, 2.05) is 20.8 Å². The molecule has 0 aliphatic rings. The summed E-state index contributed by atoms with van der Waals surface area (Å²) in [5.41, 5.74) is 0.110. The predicted octanol–water partition coefficient (Wildman–Crippen LogP) is 1.61. The summed E-state index contributed by atoms with van der Waals surface area (Å²) in [6.07, 6.45) is 0. The molecule has 0 radical (unpaired) electrons. The topological polar surface area (TPSA) is 58.6 Å². The number of hydrogen-bond acceptors (Lipinski definition) is 3. The highest BCUT2D eigenvalue weighted by Gasteiger charge is 2.14. The second-order valence-corrected chi connectivity index (χ2v) is 5.01. The lowest BCUT2D eigenvalue weighted by Crippen LogP contribution is -2.43. The van der Waals surface area contributed by atoms with E-state index in [4.69, 9.17) is 9.84 Å². The Morgan fingerprint density at radius 1 is 1.44 bits per heavy atom. The summed E-state index contributed by atoms with van der Waals surface area (Å²) in [6, 6.07) is 4.11. The maximum atomic E-state index is 13.5. The van der Waals surface area contributed by atoms with E-state index in [9.17, 15) is 9.18 Å². The van der Waals surface area contributed by atoms with Gasteiger partial charge >= 0.3 is 0 Å². The maximum Gasteiger partial charge on any atom is 0.258 e. The number of aliphatic hydroxyl groups excluding tert-OH is 1. The van der Waals surface area contributed by atoms with E-state index in [1.165, 1.54) is 12.1 Å². The second-order valence-electron chi connectivity index (χ2n) is 5.01. The smallest absolute Gasteiger partial charge is 0.258 e. The molecule has 100 valence electrons. The van der Waals surface area contributed by atoms with Gasteiger partial charge in [-0.1, -0.05) is 6.07 Å². The normalized spacial score (nSPS) is 11.2. The van der Waals surface area contributed by atoms with Gasteiger partial charge in [-0.05, 0) is 38.5 Å². The Morgan fingerprint density at radius 2 is 2.11 bits per heavy atom. The number of hydrogen-bond donors (Lipinski definition) is 2. The molecule has 1 aromatic carbocycles. The van der Waals surface area contributed by atoms with Crippen LogP contribution in [0.25, 0.3) is 0 Å². The van der Waals surface area contributed by atoms with E-state index in [0.717, 1.165) is 0 Å². The molecular formula is C13H18FNO3. The molecule has 4 nitrogen and oxygen atoms in total. The predicted molar refractivity (Wildman–Crippen MR) is 65.7 cm³/mol. The first-order valence-electron chi connectivity index (χ1n) is 5.65. The van der Waals surface area contributed by atoms with Crippen LogP contribution in [0.1, 0.15) is 26.3 Å². The molecule has 1 rings (SSSR count). The molecule has 0 saturated heterocycles. The average molecular weight is 255 g/mol. The minimum atomic E-state index is -0.592. The van der Waals surface area contributed by atoms with Gasteiger partial charge in [-0.15, -0.1) is 0 Å². The van der Waals surface area contributed by atoms with Crippen molar-refractivity contribution in [3.63, 3.8) is 0 Å². The molecular weight excluding hydrogens is 237 g/mol. The Morgan fingerprint density at radius 3 is 2.61 bits per heavy atom. The number of carbonyl (C=O) groups excluding carboxylic acids is 1. The van der Waals surface area contributed by atoms with Crippen LogP contribution >= 0.6 is 0 Å². The average Bonchev–Trinajstić information content (AvgIpc) is 2.25.